The summed E-state index contributed by atoms with van der Waals surface area (Å²) in [5.74, 6) is 2.76. The Balaban J connectivity index is 1.36. The van der Waals surface area contributed by atoms with Gasteiger partial charge in [0.25, 0.3) is 0 Å². The number of para-hydroxylation sites is 1. The first-order valence-corrected chi connectivity index (χ1v) is 10.1. The van der Waals surface area contributed by atoms with Gasteiger partial charge in [-0.1, -0.05) is 30.3 Å². The first-order chi connectivity index (χ1) is 14.8. The third-order valence-electron chi connectivity index (χ3n) is 5.51. The average Bonchev–Trinajstić information content (AvgIpc) is 2.84. The maximum Gasteiger partial charge on any atom is 0.155 e. The highest BCUT2D eigenvalue weighted by Crippen LogP contribution is 2.30. The van der Waals surface area contributed by atoms with Crippen LogP contribution in [-0.4, -0.2) is 48.2 Å². The molecular weight excluding hydrogens is 374 g/mol. The highest BCUT2D eigenvalue weighted by Gasteiger charge is 2.22. The maximum atomic E-state index is 5.38. The van der Waals surface area contributed by atoms with Crippen LogP contribution in [-0.2, 0) is 0 Å². The van der Waals surface area contributed by atoms with Crippen LogP contribution in [0.2, 0.25) is 0 Å². The molecular formula is C24H23N5O. The molecule has 0 aliphatic carbocycles. The highest BCUT2D eigenvalue weighted by molar-refractivity contribution is 5.80. The number of piperazine rings is 1. The molecule has 2 aromatic carbocycles. The van der Waals surface area contributed by atoms with Gasteiger partial charge in [-0.3, -0.25) is 4.98 Å². The maximum absolute atomic E-state index is 5.38. The van der Waals surface area contributed by atoms with Crippen molar-refractivity contribution >= 4 is 22.5 Å². The first kappa shape index (κ1) is 18.4. The number of hydrogen-bond donors (Lipinski definition) is 0. The summed E-state index contributed by atoms with van der Waals surface area (Å²) in [7, 11) is 1.68. The molecule has 3 heterocycles. The van der Waals surface area contributed by atoms with E-state index < -0.39 is 0 Å². The standard InChI is InChI=1S/C24H23N5O/c1-30-20-7-4-6-19(17-20)23-24(26-12-11-25-23)29-15-13-28(14-16-29)22-10-9-18-5-2-3-8-21(18)27-22/h2-12,17H,13-16H2,1H3. The molecule has 0 amide bonds. The normalized spacial score (nSPS) is 14.2. The van der Waals surface area contributed by atoms with E-state index in [4.69, 9.17) is 9.72 Å². The molecule has 0 spiro atoms. The molecule has 0 atom stereocenters. The minimum atomic E-state index is 0.816. The molecule has 6 nitrogen and oxygen atoms in total. The number of rotatable bonds is 4. The summed E-state index contributed by atoms with van der Waals surface area (Å²) >= 11 is 0. The third kappa shape index (κ3) is 3.52. The highest BCUT2D eigenvalue weighted by atomic mass is 16.5. The van der Waals surface area contributed by atoms with Crippen molar-refractivity contribution < 1.29 is 4.74 Å². The number of pyridine rings is 1. The van der Waals surface area contributed by atoms with E-state index in [1.54, 1.807) is 19.5 Å². The Hall–Kier alpha value is -3.67. The lowest BCUT2D eigenvalue weighted by molar-refractivity contribution is 0.415. The van der Waals surface area contributed by atoms with Gasteiger partial charge in [0.2, 0.25) is 0 Å². The van der Waals surface area contributed by atoms with Crippen LogP contribution in [0.25, 0.3) is 22.2 Å². The van der Waals surface area contributed by atoms with Gasteiger partial charge in [0.1, 0.15) is 17.3 Å². The molecule has 6 heteroatoms. The largest absolute Gasteiger partial charge is 0.497 e. The molecule has 4 aromatic rings. The van der Waals surface area contributed by atoms with Crippen molar-refractivity contribution in [3.8, 4) is 17.0 Å². The molecule has 1 saturated heterocycles. The number of methoxy groups -OCH3 is 1. The van der Waals surface area contributed by atoms with E-state index >= 15 is 0 Å². The van der Waals surface area contributed by atoms with E-state index in [9.17, 15) is 0 Å². The number of anilines is 2. The number of nitrogens with zero attached hydrogens (tertiary/aromatic N) is 5. The van der Waals surface area contributed by atoms with Crippen molar-refractivity contribution in [1.29, 1.82) is 0 Å². The minimum Gasteiger partial charge on any atom is -0.497 e. The van der Waals surface area contributed by atoms with Crippen molar-refractivity contribution in [1.82, 2.24) is 15.0 Å². The van der Waals surface area contributed by atoms with Gasteiger partial charge in [-0.25, -0.2) is 9.97 Å². The van der Waals surface area contributed by atoms with Crippen molar-refractivity contribution in [3.63, 3.8) is 0 Å². The molecule has 1 fully saturated rings. The van der Waals surface area contributed by atoms with Crippen LogP contribution in [0.5, 0.6) is 5.75 Å². The molecule has 5 rings (SSSR count). The summed E-state index contributed by atoms with van der Waals surface area (Å²) in [5, 5.41) is 1.17. The number of benzene rings is 2. The van der Waals surface area contributed by atoms with Gasteiger partial charge in [-0.15, -0.1) is 0 Å². The summed E-state index contributed by atoms with van der Waals surface area (Å²) in [6.45, 7) is 3.51. The van der Waals surface area contributed by atoms with E-state index in [0.29, 0.717) is 0 Å². The topological polar surface area (TPSA) is 54.4 Å². The van der Waals surface area contributed by atoms with Gasteiger partial charge in [0, 0.05) is 49.5 Å². The van der Waals surface area contributed by atoms with E-state index in [-0.39, 0.29) is 0 Å². The molecule has 0 radical (unpaired) electrons. The van der Waals surface area contributed by atoms with E-state index in [1.807, 2.05) is 36.4 Å². The predicted octanol–water partition coefficient (Wildman–Crippen LogP) is 4.03. The van der Waals surface area contributed by atoms with Crippen LogP contribution in [0.1, 0.15) is 0 Å². The smallest absolute Gasteiger partial charge is 0.155 e. The molecule has 0 saturated carbocycles. The summed E-state index contributed by atoms with van der Waals surface area (Å²) in [4.78, 5) is 18.8. The molecule has 1 aliphatic rings. The number of aromatic nitrogens is 3. The SMILES string of the molecule is COc1cccc(-c2nccnc2N2CCN(c3ccc4ccccc4n3)CC2)c1. The second kappa shape index (κ2) is 7.99. The van der Waals surface area contributed by atoms with Crippen LogP contribution in [0.4, 0.5) is 11.6 Å². The van der Waals surface area contributed by atoms with Crippen molar-refractivity contribution in [2.24, 2.45) is 0 Å². The third-order valence-corrected chi connectivity index (χ3v) is 5.51. The fourth-order valence-corrected chi connectivity index (χ4v) is 3.91. The van der Waals surface area contributed by atoms with Crippen molar-refractivity contribution in [2.45, 2.75) is 0 Å². The van der Waals surface area contributed by atoms with Gasteiger partial charge in [0.15, 0.2) is 5.82 Å². The zero-order chi connectivity index (χ0) is 20.3. The zero-order valence-corrected chi connectivity index (χ0v) is 16.9. The van der Waals surface area contributed by atoms with Crippen LogP contribution >= 0.6 is 0 Å². The van der Waals surface area contributed by atoms with E-state index in [1.165, 1.54) is 5.39 Å². The number of fused-ring (bicyclic) bond motifs is 1. The van der Waals surface area contributed by atoms with Gasteiger partial charge in [-0.2, -0.15) is 0 Å². The predicted molar refractivity (Wildman–Crippen MR) is 120 cm³/mol. The molecule has 1 aliphatic heterocycles. The number of ether oxygens (including phenoxy) is 1. The first-order valence-electron chi connectivity index (χ1n) is 10.1. The molecule has 2 aromatic heterocycles. The summed E-state index contributed by atoms with van der Waals surface area (Å²) in [6, 6.07) is 20.5. The van der Waals surface area contributed by atoms with Crippen molar-refractivity contribution in [3.05, 3.63) is 73.1 Å². The molecule has 0 bridgehead atoms. The quantitative estimate of drug-likeness (QED) is 0.518. The second-order valence-electron chi connectivity index (χ2n) is 7.30. The van der Waals surface area contributed by atoms with Gasteiger partial charge in [-0.05, 0) is 30.3 Å². The van der Waals surface area contributed by atoms with E-state index in [2.05, 4.69) is 44.0 Å². The van der Waals surface area contributed by atoms with Crippen LogP contribution in [0.3, 0.4) is 0 Å². The lowest BCUT2D eigenvalue weighted by atomic mass is 10.1. The fourth-order valence-electron chi connectivity index (χ4n) is 3.91. The van der Waals surface area contributed by atoms with Gasteiger partial charge >= 0.3 is 0 Å². The van der Waals surface area contributed by atoms with Crippen molar-refractivity contribution in [2.75, 3.05) is 43.1 Å². The summed E-state index contributed by atoms with van der Waals surface area (Å²) in [5.41, 5.74) is 2.93. The van der Waals surface area contributed by atoms with Crippen LogP contribution in [0.15, 0.2) is 73.1 Å². The summed E-state index contributed by atoms with van der Waals surface area (Å²) < 4.78 is 5.38. The van der Waals surface area contributed by atoms with Gasteiger partial charge in [0.05, 0.1) is 12.6 Å². The van der Waals surface area contributed by atoms with Crippen LogP contribution in [0, 0.1) is 0 Å². The molecule has 150 valence electrons. The Kier molecular flexibility index (Phi) is 4.89. The average molecular weight is 397 g/mol. The lowest BCUT2D eigenvalue weighted by Gasteiger charge is -2.36. The van der Waals surface area contributed by atoms with E-state index in [0.717, 1.165) is 60.3 Å². The fraction of sp³-hybridized carbons (Fsp3) is 0.208. The minimum absolute atomic E-state index is 0.816. The monoisotopic (exact) mass is 397 g/mol. The Morgan fingerprint density at radius 2 is 1.60 bits per heavy atom. The summed E-state index contributed by atoms with van der Waals surface area (Å²) in [6.07, 6.45) is 3.50. The molecule has 0 N–H and O–H groups in total. The zero-order valence-electron chi connectivity index (χ0n) is 16.9. The molecule has 30 heavy (non-hydrogen) atoms. The Bertz CT molecular complexity index is 1170. The Morgan fingerprint density at radius 1 is 0.800 bits per heavy atom. The Labute approximate surface area is 175 Å². The lowest BCUT2D eigenvalue weighted by Crippen LogP contribution is -2.47. The van der Waals surface area contributed by atoms with Crippen LogP contribution < -0.4 is 14.5 Å². The molecule has 0 unspecified atom stereocenters. The number of hydrogen-bond acceptors (Lipinski definition) is 6. The Morgan fingerprint density at radius 3 is 2.47 bits per heavy atom. The van der Waals surface area contributed by atoms with Gasteiger partial charge < -0.3 is 14.5 Å². The second-order valence-corrected chi connectivity index (χ2v) is 7.30.